The van der Waals surface area contributed by atoms with Gasteiger partial charge in [-0.1, -0.05) is 41.4 Å². The zero-order chi connectivity index (χ0) is 15.9. The fourth-order valence-corrected chi connectivity index (χ4v) is 2.70. The van der Waals surface area contributed by atoms with E-state index in [4.69, 9.17) is 0 Å². The van der Waals surface area contributed by atoms with Crippen LogP contribution >= 0.6 is 15.9 Å². The summed E-state index contributed by atoms with van der Waals surface area (Å²) in [6, 6.07) is 7.35. The van der Waals surface area contributed by atoms with E-state index in [1.54, 1.807) is 0 Å². The molecule has 0 atom stereocenters. The topological polar surface area (TPSA) is 66.5 Å². The lowest BCUT2D eigenvalue weighted by molar-refractivity contribution is -0.121. The van der Waals surface area contributed by atoms with Crippen molar-refractivity contribution in [3.8, 4) is 0 Å². The average molecular weight is 377 g/mol. The van der Waals surface area contributed by atoms with Crippen molar-refractivity contribution < 1.29 is 13.2 Å². The first-order chi connectivity index (χ1) is 9.82. The molecule has 0 spiro atoms. The van der Waals surface area contributed by atoms with Gasteiger partial charge in [-0.05, 0) is 24.1 Å². The number of benzene rings is 1. The number of carbonyl (C=O) groups is 1. The minimum absolute atomic E-state index is 0.154. The van der Waals surface area contributed by atoms with E-state index in [1.165, 1.54) is 4.31 Å². The molecule has 5 nitrogen and oxygen atoms in total. The molecule has 1 aromatic carbocycles. The number of hydrogen-bond acceptors (Lipinski definition) is 3. The van der Waals surface area contributed by atoms with E-state index in [9.17, 15) is 13.2 Å². The molecular weight excluding hydrogens is 356 g/mol. The van der Waals surface area contributed by atoms with Crippen LogP contribution in [0, 0.1) is 0 Å². The molecule has 1 amide bonds. The quantitative estimate of drug-likeness (QED) is 0.706. The van der Waals surface area contributed by atoms with Crippen molar-refractivity contribution in [2.45, 2.75) is 26.3 Å². The summed E-state index contributed by atoms with van der Waals surface area (Å²) in [6.07, 6.45) is 2.98. The maximum Gasteiger partial charge on any atom is 0.235 e. The van der Waals surface area contributed by atoms with Gasteiger partial charge in [0.05, 0.1) is 12.8 Å². The summed E-state index contributed by atoms with van der Waals surface area (Å²) in [5, 5.41) is 2.73. The lowest BCUT2D eigenvalue weighted by atomic mass is 10.2. The first-order valence-corrected chi connectivity index (χ1v) is 9.43. The van der Waals surface area contributed by atoms with Crippen LogP contribution in [-0.4, -0.2) is 38.0 Å². The third-order valence-electron chi connectivity index (χ3n) is 2.91. The van der Waals surface area contributed by atoms with Crippen LogP contribution in [0.2, 0.25) is 0 Å². The van der Waals surface area contributed by atoms with Crippen LogP contribution in [-0.2, 0) is 21.4 Å². The molecule has 0 bridgehead atoms. The Morgan fingerprint density at radius 2 is 1.90 bits per heavy atom. The molecule has 0 aliphatic carbocycles. The van der Waals surface area contributed by atoms with Gasteiger partial charge in [0.25, 0.3) is 0 Å². The number of carbonyl (C=O) groups excluding carboxylic acids is 1. The maximum atomic E-state index is 11.8. The second-order valence-electron chi connectivity index (χ2n) is 4.86. The molecule has 21 heavy (non-hydrogen) atoms. The number of nitrogens with one attached hydrogen (secondary N) is 1. The molecule has 0 unspecified atom stereocenters. The number of unbranched alkanes of at least 4 members (excludes halogenated alkanes) is 1. The summed E-state index contributed by atoms with van der Waals surface area (Å²) in [7, 11) is -3.44. The molecule has 0 aliphatic rings. The van der Waals surface area contributed by atoms with Crippen molar-refractivity contribution in [1.82, 2.24) is 9.62 Å². The molecule has 0 radical (unpaired) electrons. The highest BCUT2D eigenvalue weighted by Crippen LogP contribution is 2.13. The highest BCUT2D eigenvalue weighted by molar-refractivity contribution is 9.10. The maximum absolute atomic E-state index is 11.8. The molecule has 0 heterocycles. The van der Waals surface area contributed by atoms with Crippen LogP contribution in [0.15, 0.2) is 28.7 Å². The summed E-state index contributed by atoms with van der Waals surface area (Å²) in [5.41, 5.74) is 0.838. The Balaban J connectivity index is 2.69. The highest BCUT2D eigenvalue weighted by Gasteiger charge is 2.20. The van der Waals surface area contributed by atoms with Crippen LogP contribution in [0.4, 0.5) is 0 Å². The number of sulfonamides is 1. The van der Waals surface area contributed by atoms with Crippen molar-refractivity contribution in [3.63, 3.8) is 0 Å². The zero-order valence-corrected chi connectivity index (χ0v) is 14.7. The van der Waals surface area contributed by atoms with Crippen molar-refractivity contribution in [3.05, 3.63) is 34.3 Å². The van der Waals surface area contributed by atoms with Crippen LogP contribution < -0.4 is 5.32 Å². The highest BCUT2D eigenvalue weighted by atomic mass is 79.9. The normalized spacial score (nSPS) is 11.6. The van der Waals surface area contributed by atoms with Crippen molar-refractivity contribution >= 4 is 31.9 Å². The molecule has 118 valence electrons. The van der Waals surface area contributed by atoms with E-state index >= 15 is 0 Å². The number of rotatable bonds is 8. The second kappa shape index (κ2) is 8.51. The summed E-state index contributed by atoms with van der Waals surface area (Å²) >= 11 is 3.33. The van der Waals surface area contributed by atoms with E-state index < -0.39 is 10.0 Å². The Morgan fingerprint density at radius 1 is 1.29 bits per heavy atom. The Morgan fingerprint density at radius 3 is 2.43 bits per heavy atom. The zero-order valence-electron chi connectivity index (χ0n) is 12.3. The first kappa shape index (κ1) is 18.1. The van der Waals surface area contributed by atoms with E-state index in [0.29, 0.717) is 6.54 Å². The molecule has 0 saturated heterocycles. The minimum atomic E-state index is -3.44. The summed E-state index contributed by atoms with van der Waals surface area (Å²) < 4.78 is 25.7. The standard InChI is InChI=1S/C14H21BrN2O3S/c1-3-4-9-16-14(18)11-17(21(2,19)20)10-12-5-7-13(15)8-6-12/h5-8H,3-4,9-11H2,1-2H3,(H,16,18). The van der Waals surface area contributed by atoms with Crippen LogP contribution in [0.25, 0.3) is 0 Å². The third-order valence-corrected chi connectivity index (χ3v) is 4.64. The van der Waals surface area contributed by atoms with Crippen molar-refractivity contribution in [2.75, 3.05) is 19.3 Å². The molecule has 1 aromatic rings. The molecule has 7 heteroatoms. The van der Waals surface area contributed by atoms with Crippen molar-refractivity contribution in [1.29, 1.82) is 0 Å². The fourth-order valence-electron chi connectivity index (χ4n) is 1.70. The van der Waals surface area contributed by atoms with Crippen LogP contribution in [0.1, 0.15) is 25.3 Å². The van der Waals surface area contributed by atoms with Gasteiger partial charge in [0.1, 0.15) is 0 Å². The Labute approximate surface area is 134 Å². The van der Waals surface area contributed by atoms with E-state index in [2.05, 4.69) is 21.2 Å². The molecule has 1 rings (SSSR count). The van der Waals surface area contributed by atoms with Gasteiger partial charge in [0.2, 0.25) is 15.9 Å². The van der Waals surface area contributed by atoms with E-state index in [-0.39, 0.29) is 19.0 Å². The number of halogens is 1. The minimum Gasteiger partial charge on any atom is -0.355 e. The first-order valence-electron chi connectivity index (χ1n) is 6.79. The van der Waals surface area contributed by atoms with Crippen LogP contribution in [0.5, 0.6) is 0 Å². The monoisotopic (exact) mass is 376 g/mol. The van der Waals surface area contributed by atoms with Crippen molar-refractivity contribution in [2.24, 2.45) is 0 Å². The molecule has 0 fully saturated rings. The van der Waals surface area contributed by atoms with Gasteiger partial charge in [0, 0.05) is 17.6 Å². The SMILES string of the molecule is CCCCNC(=O)CN(Cc1ccc(Br)cc1)S(C)(=O)=O. The fraction of sp³-hybridized carbons (Fsp3) is 0.500. The van der Waals surface area contributed by atoms with Gasteiger partial charge < -0.3 is 5.32 Å². The van der Waals surface area contributed by atoms with E-state index in [0.717, 1.165) is 29.1 Å². The second-order valence-corrected chi connectivity index (χ2v) is 7.76. The van der Waals surface area contributed by atoms with Gasteiger partial charge in [0.15, 0.2) is 0 Å². The molecule has 0 aliphatic heterocycles. The Hall–Kier alpha value is -0.920. The van der Waals surface area contributed by atoms with E-state index in [1.807, 2.05) is 31.2 Å². The molecule has 1 N–H and O–H groups in total. The van der Waals surface area contributed by atoms with Gasteiger partial charge in [-0.3, -0.25) is 4.79 Å². The van der Waals surface area contributed by atoms with Gasteiger partial charge >= 0.3 is 0 Å². The Bertz CT molecular complexity index is 558. The number of hydrogen-bond donors (Lipinski definition) is 1. The molecule has 0 saturated carbocycles. The largest absolute Gasteiger partial charge is 0.355 e. The third kappa shape index (κ3) is 7.06. The number of amides is 1. The average Bonchev–Trinajstić information content (AvgIpc) is 2.40. The predicted octanol–water partition coefficient (Wildman–Crippen LogP) is 2.13. The molecular formula is C14H21BrN2O3S. The summed E-state index contributed by atoms with van der Waals surface area (Å²) in [6.45, 7) is 2.64. The smallest absolute Gasteiger partial charge is 0.235 e. The summed E-state index contributed by atoms with van der Waals surface area (Å²) in [5.74, 6) is -0.272. The van der Waals surface area contributed by atoms with Crippen LogP contribution in [0.3, 0.4) is 0 Å². The van der Waals surface area contributed by atoms with Gasteiger partial charge in [-0.2, -0.15) is 4.31 Å². The summed E-state index contributed by atoms with van der Waals surface area (Å²) in [4.78, 5) is 11.8. The lowest BCUT2D eigenvalue weighted by Crippen LogP contribution is -2.40. The predicted molar refractivity (Wildman–Crippen MR) is 87.3 cm³/mol. The molecule has 0 aromatic heterocycles. The number of nitrogens with zero attached hydrogens (tertiary/aromatic N) is 1. The van der Waals surface area contributed by atoms with Gasteiger partial charge in [-0.25, -0.2) is 8.42 Å². The Kier molecular flexibility index (Phi) is 7.34. The lowest BCUT2D eigenvalue weighted by Gasteiger charge is -2.19. The van der Waals surface area contributed by atoms with Gasteiger partial charge in [-0.15, -0.1) is 0 Å².